The Morgan fingerprint density at radius 1 is 1.07 bits per heavy atom. The lowest BCUT2D eigenvalue weighted by Gasteiger charge is -2.47. The molecule has 2 aliphatic heterocycles. The van der Waals surface area contributed by atoms with Crippen LogP contribution >= 0.6 is 0 Å². The molecule has 3 saturated carbocycles. The molecule has 2 heterocycles. The third kappa shape index (κ3) is 3.23. The summed E-state index contributed by atoms with van der Waals surface area (Å²) >= 11 is 0. The molecule has 0 aromatic carbocycles. The van der Waals surface area contributed by atoms with Crippen molar-refractivity contribution in [1.82, 2.24) is 0 Å². The van der Waals surface area contributed by atoms with Crippen LogP contribution in [0.1, 0.15) is 65.7 Å². The van der Waals surface area contributed by atoms with Gasteiger partial charge in [0.25, 0.3) is 0 Å². The molecule has 10 heteroatoms. The van der Waals surface area contributed by atoms with Crippen molar-refractivity contribution < 1.29 is 26.3 Å². The van der Waals surface area contributed by atoms with E-state index in [0.29, 0.717) is 24.0 Å². The van der Waals surface area contributed by atoms with Crippen molar-refractivity contribution in [3.8, 4) is 0 Å². The molecule has 2 bridgehead atoms. The Morgan fingerprint density at radius 2 is 1.89 bits per heavy atom. The second-order valence-electron chi connectivity index (χ2n) is 10.0. The molecule has 6 atom stereocenters. The van der Waals surface area contributed by atoms with E-state index in [4.69, 9.17) is 21.2 Å². The second-order valence-corrected chi connectivity index (χ2v) is 16.3. The Kier molecular flexibility index (Phi) is 5.39. The van der Waals surface area contributed by atoms with Crippen molar-refractivity contribution in [2.24, 2.45) is 22.7 Å². The van der Waals surface area contributed by atoms with Crippen LogP contribution in [0.5, 0.6) is 0 Å². The summed E-state index contributed by atoms with van der Waals surface area (Å²) in [6, 6.07) is 0.934. The summed E-state index contributed by atoms with van der Waals surface area (Å²) in [5, 5.41) is 11.0. The Hall–Kier alpha value is 0.628. The van der Waals surface area contributed by atoms with Gasteiger partial charge in [0, 0.05) is 5.41 Å². The van der Waals surface area contributed by atoms with Gasteiger partial charge in [0.2, 0.25) is 0 Å². The Bertz CT molecular complexity index is 611. The number of aliphatic hydroxyl groups is 1. The van der Waals surface area contributed by atoms with Gasteiger partial charge in [0.1, 0.15) is 5.22 Å². The van der Waals surface area contributed by atoms with Gasteiger partial charge in [-0.15, -0.1) is 0 Å². The SMILES string of the molecule is CC1(C)C2CCC1(C)C(O)([Si]1O[Si]O[Si]O[Si](CCC3CCC4OC4C3)O1)C2. The van der Waals surface area contributed by atoms with Crippen LogP contribution < -0.4 is 0 Å². The smallest absolute Gasteiger partial charge is 0.412 e. The first-order valence-electron chi connectivity index (χ1n) is 10.6. The first kappa shape index (κ1) is 20.5. The summed E-state index contributed by atoms with van der Waals surface area (Å²) in [5.41, 5.74) is -0.0590. The standard InChI is InChI=1S/C18H30O6Si4/c1-16(2)13-6-8-17(16,3)18(19,11-13)28-23-26-21-25-22-27(24-28)9-7-12-4-5-14-15(10-12)20-14/h12-15,19H,4-11H2,1-3H3. The minimum Gasteiger partial charge on any atom is -0.413 e. The van der Waals surface area contributed by atoms with Crippen LogP contribution in [0, 0.1) is 22.7 Å². The lowest BCUT2D eigenvalue weighted by atomic mass is 9.69. The summed E-state index contributed by atoms with van der Waals surface area (Å²) in [7, 11) is -3.52. The largest absolute Gasteiger partial charge is 0.413 e. The highest BCUT2D eigenvalue weighted by atomic mass is 28.4. The molecule has 6 radical (unpaired) electrons. The first-order valence-corrected chi connectivity index (χ1v) is 15.1. The summed E-state index contributed by atoms with van der Waals surface area (Å²) < 4.78 is 29.9. The summed E-state index contributed by atoms with van der Waals surface area (Å²) in [5.74, 6) is 1.25. The molecular formula is C18H30O6Si4. The number of hydrogen-bond donors (Lipinski definition) is 1. The highest BCUT2D eigenvalue weighted by Gasteiger charge is 2.73. The van der Waals surface area contributed by atoms with Gasteiger partial charge in [-0.05, 0) is 68.2 Å². The van der Waals surface area contributed by atoms with Gasteiger partial charge in [0.05, 0.1) is 12.2 Å². The molecule has 0 amide bonds. The molecule has 5 fully saturated rings. The molecule has 0 aromatic rings. The van der Waals surface area contributed by atoms with E-state index in [-0.39, 0.29) is 30.8 Å². The maximum Gasteiger partial charge on any atom is 0.412 e. The predicted molar refractivity (Wildman–Crippen MR) is 107 cm³/mol. The normalized spacial score (nSPS) is 48.9. The maximum absolute atomic E-state index is 11.9. The molecule has 0 aromatic heterocycles. The molecule has 5 aliphatic rings. The molecule has 0 spiro atoms. The second kappa shape index (κ2) is 7.35. The van der Waals surface area contributed by atoms with Gasteiger partial charge in [-0.2, -0.15) is 0 Å². The highest BCUT2D eigenvalue weighted by molar-refractivity contribution is 6.67. The Morgan fingerprint density at radius 3 is 2.61 bits per heavy atom. The Labute approximate surface area is 176 Å². The predicted octanol–water partition coefficient (Wildman–Crippen LogP) is 2.19. The van der Waals surface area contributed by atoms with E-state index < -0.39 is 23.8 Å². The molecule has 154 valence electrons. The number of hydrogen-bond acceptors (Lipinski definition) is 6. The molecule has 5 rings (SSSR count). The minimum absolute atomic E-state index is 0.0156. The van der Waals surface area contributed by atoms with E-state index >= 15 is 0 Å². The molecule has 3 aliphatic carbocycles. The number of fused-ring (bicyclic) bond motifs is 3. The van der Waals surface area contributed by atoms with Crippen molar-refractivity contribution in [2.75, 3.05) is 0 Å². The van der Waals surface area contributed by atoms with Crippen molar-refractivity contribution >= 4 is 38.6 Å². The molecular weight excluding hydrogens is 425 g/mol. The summed E-state index contributed by atoms with van der Waals surface area (Å²) in [6.45, 7) is 6.87. The fourth-order valence-corrected chi connectivity index (χ4v) is 14.1. The van der Waals surface area contributed by atoms with Gasteiger partial charge in [-0.3, -0.25) is 0 Å². The zero-order valence-electron chi connectivity index (χ0n) is 17.0. The minimum atomic E-state index is -1.90. The van der Waals surface area contributed by atoms with Crippen LogP contribution in [-0.4, -0.2) is 61.1 Å². The Balaban J connectivity index is 1.26. The van der Waals surface area contributed by atoms with Crippen molar-refractivity contribution in [3.63, 3.8) is 0 Å². The third-order valence-electron chi connectivity index (χ3n) is 8.68. The monoisotopic (exact) mass is 454 g/mol. The van der Waals surface area contributed by atoms with Crippen LogP contribution in [0.4, 0.5) is 0 Å². The molecule has 6 nitrogen and oxygen atoms in total. The lowest BCUT2D eigenvalue weighted by Crippen LogP contribution is -2.62. The molecule has 6 unspecified atom stereocenters. The first-order chi connectivity index (χ1) is 13.3. The van der Waals surface area contributed by atoms with Crippen molar-refractivity contribution in [3.05, 3.63) is 0 Å². The number of ether oxygens (including phenoxy) is 1. The van der Waals surface area contributed by atoms with Gasteiger partial charge >= 0.3 is 38.6 Å². The molecule has 2 saturated heterocycles. The van der Waals surface area contributed by atoms with Gasteiger partial charge in [0.15, 0.2) is 0 Å². The fraction of sp³-hybridized carbons (Fsp3) is 1.00. The van der Waals surface area contributed by atoms with E-state index in [1.807, 2.05) is 0 Å². The quantitative estimate of drug-likeness (QED) is 0.519. The zero-order valence-corrected chi connectivity index (χ0v) is 21.0. The van der Waals surface area contributed by atoms with Gasteiger partial charge < -0.3 is 26.3 Å². The average Bonchev–Trinajstić information content (AvgIpc) is 3.34. The van der Waals surface area contributed by atoms with E-state index in [2.05, 4.69) is 20.8 Å². The number of epoxide rings is 1. The van der Waals surface area contributed by atoms with E-state index in [9.17, 15) is 5.11 Å². The van der Waals surface area contributed by atoms with E-state index in [1.165, 1.54) is 25.7 Å². The summed E-state index contributed by atoms with van der Waals surface area (Å²) in [6.07, 6.45) is 8.85. The van der Waals surface area contributed by atoms with Crippen LogP contribution in [0.15, 0.2) is 0 Å². The van der Waals surface area contributed by atoms with Crippen molar-refractivity contribution in [1.29, 1.82) is 0 Å². The topological polar surface area (TPSA) is 69.7 Å². The third-order valence-corrected chi connectivity index (χ3v) is 15.4. The molecule has 28 heavy (non-hydrogen) atoms. The van der Waals surface area contributed by atoms with Crippen LogP contribution in [0.3, 0.4) is 0 Å². The fourth-order valence-electron chi connectivity index (χ4n) is 6.21. The highest BCUT2D eigenvalue weighted by Crippen LogP contribution is 2.70. The van der Waals surface area contributed by atoms with E-state index in [0.717, 1.165) is 25.3 Å². The summed E-state index contributed by atoms with van der Waals surface area (Å²) in [4.78, 5) is 0. The zero-order chi connectivity index (χ0) is 19.6. The average molecular weight is 455 g/mol. The van der Waals surface area contributed by atoms with Crippen molar-refractivity contribution in [2.45, 2.75) is 89.2 Å². The van der Waals surface area contributed by atoms with Gasteiger partial charge in [-0.1, -0.05) is 20.8 Å². The van der Waals surface area contributed by atoms with E-state index in [1.54, 1.807) is 0 Å². The van der Waals surface area contributed by atoms with Crippen LogP contribution in [0.25, 0.3) is 0 Å². The van der Waals surface area contributed by atoms with Crippen LogP contribution in [-0.2, 0) is 21.2 Å². The van der Waals surface area contributed by atoms with Crippen LogP contribution in [0.2, 0.25) is 6.04 Å². The lowest BCUT2D eigenvalue weighted by molar-refractivity contribution is -0.0478. The van der Waals surface area contributed by atoms with Gasteiger partial charge in [-0.25, -0.2) is 0 Å². The molecule has 1 N–H and O–H groups in total. The maximum atomic E-state index is 11.9. The number of rotatable bonds is 4.